The molecule has 138 valence electrons. The molecule has 7 heteroatoms. The lowest BCUT2D eigenvalue weighted by molar-refractivity contribution is -0.147. The molecule has 1 atom stereocenters. The summed E-state index contributed by atoms with van der Waals surface area (Å²) < 4.78 is 11.9. The Morgan fingerprint density at radius 3 is 2.81 bits per heavy atom. The highest BCUT2D eigenvalue weighted by molar-refractivity contribution is 5.81. The normalized spacial score (nSPS) is 16.0. The zero-order valence-electron chi connectivity index (χ0n) is 14.8. The molecule has 1 aromatic heterocycles. The third kappa shape index (κ3) is 3.87. The summed E-state index contributed by atoms with van der Waals surface area (Å²) in [6, 6.07) is 9.57. The standard InChI is InChI=1S/C19H23N3O4/c1-25-16(23)10-11-22-15-9-5-8-14(17(15)18(20)21-22)19(24)26-12-13-6-3-2-4-7-13/h2-4,6-7,14H,5,8-12H2,1H3,(H2,20,21). The van der Waals surface area contributed by atoms with E-state index in [0.29, 0.717) is 18.8 Å². The Morgan fingerprint density at radius 2 is 2.08 bits per heavy atom. The van der Waals surface area contributed by atoms with E-state index in [1.807, 2.05) is 30.3 Å². The molecule has 2 N–H and O–H groups in total. The van der Waals surface area contributed by atoms with Crippen LogP contribution in [0.3, 0.4) is 0 Å². The molecule has 1 aliphatic carbocycles. The Hall–Kier alpha value is -2.83. The van der Waals surface area contributed by atoms with E-state index < -0.39 is 5.92 Å². The van der Waals surface area contributed by atoms with Gasteiger partial charge in [-0.15, -0.1) is 0 Å². The zero-order chi connectivity index (χ0) is 18.5. The number of hydrogen-bond acceptors (Lipinski definition) is 6. The minimum Gasteiger partial charge on any atom is -0.469 e. The molecule has 26 heavy (non-hydrogen) atoms. The first-order valence-electron chi connectivity index (χ1n) is 8.72. The van der Waals surface area contributed by atoms with Crippen LogP contribution in [0.4, 0.5) is 5.82 Å². The highest BCUT2D eigenvalue weighted by Crippen LogP contribution is 2.36. The fourth-order valence-corrected chi connectivity index (χ4v) is 3.34. The molecule has 1 heterocycles. The van der Waals surface area contributed by atoms with Crippen molar-refractivity contribution in [1.82, 2.24) is 9.78 Å². The van der Waals surface area contributed by atoms with Crippen LogP contribution in [0.1, 0.15) is 42.0 Å². The van der Waals surface area contributed by atoms with Crippen LogP contribution in [0.25, 0.3) is 0 Å². The van der Waals surface area contributed by atoms with Crippen molar-refractivity contribution in [2.24, 2.45) is 0 Å². The van der Waals surface area contributed by atoms with Crippen LogP contribution < -0.4 is 5.73 Å². The van der Waals surface area contributed by atoms with E-state index in [1.165, 1.54) is 7.11 Å². The molecule has 0 radical (unpaired) electrons. The van der Waals surface area contributed by atoms with Crippen molar-refractivity contribution in [2.75, 3.05) is 12.8 Å². The molecule has 0 bridgehead atoms. The van der Waals surface area contributed by atoms with E-state index in [-0.39, 0.29) is 25.0 Å². The molecule has 0 spiro atoms. The van der Waals surface area contributed by atoms with Gasteiger partial charge in [0.1, 0.15) is 12.4 Å². The van der Waals surface area contributed by atoms with Crippen molar-refractivity contribution in [3.05, 3.63) is 47.2 Å². The third-order valence-electron chi connectivity index (χ3n) is 4.65. The Bertz CT molecular complexity index is 786. The molecule has 1 unspecified atom stereocenters. The molecule has 0 saturated heterocycles. The van der Waals surface area contributed by atoms with Gasteiger partial charge in [-0.3, -0.25) is 14.3 Å². The van der Waals surface area contributed by atoms with E-state index in [9.17, 15) is 9.59 Å². The number of nitrogens with zero attached hydrogens (tertiary/aromatic N) is 2. The largest absolute Gasteiger partial charge is 0.469 e. The van der Waals surface area contributed by atoms with Gasteiger partial charge < -0.3 is 15.2 Å². The minimum absolute atomic E-state index is 0.215. The number of methoxy groups -OCH3 is 1. The second kappa shape index (κ2) is 8.03. The van der Waals surface area contributed by atoms with Crippen LogP contribution >= 0.6 is 0 Å². The lowest BCUT2D eigenvalue weighted by Gasteiger charge is -2.22. The summed E-state index contributed by atoms with van der Waals surface area (Å²) >= 11 is 0. The van der Waals surface area contributed by atoms with Gasteiger partial charge in [0.2, 0.25) is 0 Å². The number of fused-ring (bicyclic) bond motifs is 1. The maximum Gasteiger partial charge on any atom is 0.313 e. The molecule has 0 saturated carbocycles. The number of aromatic nitrogens is 2. The quantitative estimate of drug-likeness (QED) is 0.796. The number of esters is 2. The minimum atomic E-state index is -0.408. The Kier molecular flexibility index (Phi) is 5.55. The van der Waals surface area contributed by atoms with Gasteiger partial charge >= 0.3 is 11.9 Å². The van der Waals surface area contributed by atoms with Gasteiger partial charge in [0.05, 0.1) is 26.0 Å². The lowest BCUT2D eigenvalue weighted by Crippen LogP contribution is -2.22. The Balaban J connectivity index is 1.72. The van der Waals surface area contributed by atoms with Crippen LogP contribution in [0.5, 0.6) is 0 Å². The van der Waals surface area contributed by atoms with Crippen LogP contribution in [-0.2, 0) is 38.6 Å². The summed E-state index contributed by atoms with van der Waals surface area (Å²) in [7, 11) is 1.36. The number of nitrogen functional groups attached to an aromatic ring is 1. The summed E-state index contributed by atoms with van der Waals surface area (Å²) in [6.45, 7) is 0.625. The number of carbonyl (C=O) groups excluding carboxylic acids is 2. The average Bonchev–Trinajstić information content (AvgIpc) is 3.01. The summed E-state index contributed by atoms with van der Waals surface area (Å²) in [6.07, 6.45) is 2.53. The fourth-order valence-electron chi connectivity index (χ4n) is 3.34. The topological polar surface area (TPSA) is 96.4 Å². The smallest absolute Gasteiger partial charge is 0.313 e. The van der Waals surface area contributed by atoms with Crippen molar-refractivity contribution in [3.63, 3.8) is 0 Å². The number of nitrogens with two attached hydrogens (primary N) is 1. The Morgan fingerprint density at radius 1 is 1.31 bits per heavy atom. The van der Waals surface area contributed by atoms with Crippen LogP contribution in [0.2, 0.25) is 0 Å². The summed E-state index contributed by atoms with van der Waals surface area (Å²) in [5, 5.41) is 4.33. The van der Waals surface area contributed by atoms with Gasteiger partial charge in [-0.25, -0.2) is 0 Å². The van der Waals surface area contributed by atoms with Gasteiger partial charge in [-0.2, -0.15) is 5.10 Å². The van der Waals surface area contributed by atoms with Crippen molar-refractivity contribution >= 4 is 17.8 Å². The first-order valence-corrected chi connectivity index (χ1v) is 8.72. The second-order valence-corrected chi connectivity index (χ2v) is 6.33. The molecular weight excluding hydrogens is 334 g/mol. The van der Waals surface area contributed by atoms with E-state index in [4.69, 9.17) is 10.5 Å². The highest BCUT2D eigenvalue weighted by atomic mass is 16.5. The molecule has 2 aromatic rings. The summed E-state index contributed by atoms with van der Waals surface area (Å²) in [4.78, 5) is 24.0. The van der Waals surface area contributed by atoms with E-state index >= 15 is 0 Å². The summed E-state index contributed by atoms with van der Waals surface area (Å²) in [5.41, 5.74) is 8.69. The van der Waals surface area contributed by atoms with Crippen molar-refractivity contribution in [3.8, 4) is 0 Å². The van der Waals surface area contributed by atoms with Gasteiger partial charge in [-0.1, -0.05) is 30.3 Å². The van der Waals surface area contributed by atoms with Gasteiger partial charge in [-0.05, 0) is 24.8 Å². The van der Waals surface area contributed by atoms with E-state index in [0.717, 1.165) is 29.7 Å². The molecule has 1 aliphatic rings. The molecule has 3 rings (SSSR count). The first-order chi connectivity index (χ1) is 12.6. The predicted molar refractivity (Wildman–Crippen MR) is 95.2 cm³/mol. The van der Waals surface area contributed by atoms with E-state index in [2.05, 4.69) is 9.84 Å². The number of ether oxygens (including phenoxy) is 2. The average molecular weight is 357 g/mol. The van der Waals surface area contributed by atoms with Gasteiger partial charge in [0.15, 0.2) is 0 Å². The molecule has 7 nitrogen and oxygen atoms in total. The number of benzene rings is 1. The maximum absolute atomic E-state index is 12.6. The van der Waals surface area contributed by atoms with E-state index in [1.54, 1.807) is 4.68 Å². The number of hydrogen-bond donors (Lipinski definition) is 1. The molecule has 1 aromatic carbocycles. The maximum atomic E-state index is 12.6. The number of anilines is 1. The third-order valence-corrected chi connectivity index (χ3v) is 4.65. The molecular formula is C19H23N3O4. The van der Waals surface area contributed by atoms with Crippen LogP contribution in [0.15, 0.2) is 30.3 Å². The highest BCUT2D eigenvalue weighted by Gasteiger charge is 2.33. The lowest BCUT2D eigenvalue weighted by atomic mass is 9.86. The van der Waals surface area contributed by atoms with Crippen molar-refractivity contribution in [2.45, 2.75) is 44.8 Å². The Labute approximate surface area is 152 Å². The monoisotopic (exact) mass is 357 g/mol. The molecule has 0 aliphatic heterocycles. The van der Waals surface area contributed by atoms with Gasteiger partial charge in [0.25, 0.3) is 0 Å². The fraction of sp³-hybridized carbons (Fsp3) is 0.421. The zero-order valence-corrected chi connectivity index (χ0v) is 14.8. The van der Waals surface area contributed by atoms with Crippen molar-refractivity contribution in [1.29, 1.82) is 0 Å². The number of carbonyl (C=O) groups is 2. The van der Waals surface area contributed by atoms with Crippen molar-refractivity contribution < 1.29 is 19.1 Å². The summed E-state index contributed by atoms with van der Waals surface area (Å²) in [5.74, 6) is -0.656. The second-order valence-electron chi connectivity index (χ2n) is 6.33. The molecule has 0 amide bonds. The SMILES string of the molecule is COC(=O)CCn1nc(N)c2c1CCCC2C(=O)OCc1ccccc1. The molecule has 0 fully saturated rings. The number of rotatable bonds is 6. The predicted octanol–water partition coefficient (Wildman–Crippen LogP) is 2.19. The number of aryl methyl sites for hydroxylation is 1. The first kappa shape index (κ1) is 18.0. The van der Waals surface area contributed by atoms with Gasteiger partial charge in [0, 0.05) is 11.3 Å². The van der Waals surface area contributed by atoms with Crippen LogP contribution in [-0.4, -0.2) is 28.8 Å². The van der Waals surface area contributed by atoms with Crippen LogP contribution in [0, 0.1) is 0 Å².